The summed E-state index contributed by atoms with van der Waals surface area (Å²) in [5.41, 5.74) is 0.391. The number of nitrogens with zero attached hydrogens (tertiary/aromatic N) is 1. The van der Waals surface area contributed by atoms with Gasteiger partial charge in [0.1, 0.15) is 0 Å². The van der Waals surface area contributed by atoms with Crippen molar-refractivity contribution in [2.75, 3.05) is 19.6 Å². The molecular weight excluding hydrogens is 358 g/mol. The second-order valence-corrected chi connectivity index (χ2v) is 8.05. The number of hydrogen-bond acceptors (Lipinski definition) is 5. The topological polar surface area (TPSA) is 116 Å². The molecule has 0 unspecified atom stereocenters. The van der Waals surface area contributed by atoms with Gasteiger partial charge in [0.05, 0.1) is 11.4 Å². The van der Waals surface area contributed by atoms with Crippen molar-refractivity contribution in [3.8, 4) is 0 Å². The van der Waals surface area contributed by atoms with Crippen LogP contribution in [0.2, 0.25) is 0 Å². The Balaban J connectivity index is 1.89. The predicted octanol–water partition coefficient (Wildman–Crippen LogP) is 0.652. The van der Waals surface area contributed by atoms with Crippen LogP contribution < -0.4 is 10.0 Å². The van der Waals surface area contributed by atoms with Crippen molar-refractivity contribution in [1.29, 1.82) is 0 Å². The number of hydrogen-bond donors (Lipinski definition) is 3. The maximum atomic E-state index is 12.3. The number of nitrogens with one attached hydrogen (secondary N) is 2. The number of carbonyl (C=O) groups excluding carboxylic acids is 1. The monoisotopic (exact) mass is 383 g/mol. The highest BCUT2D eigenvalue weighted by molar-refractivity contribution is 7.89. The molecule has 0 radical (unpaired) electrons. The molecule has 0 heterocycles. The summed E-state index contributed by atoms with van der Waals surface area (Å²) in [6.45, 7) is 4.56. The summed E-state index contributed by atoms with van der Waals surface area (Å²) in [6, 6.07) is 5.94. The molecule has 1 saturated carbocycles. The summed E-state index contributed by atoms with van der Waals surface area (Å²) in [5.74, 6) is -1.12. The SMILES string of the molecule is CCNS(=O)(=O)c1ccc(C(=O)NC2CC(N(CC)CC(=O)O)C2)cc1. The van der Waals surface area contributed by atoms with Gasteiger partial charge in [0.2, 0.25) is 10.0 Å². The Bertz CT molecular complexity index is 742. The van der Waals surface area contributed by atoms with Gasteiger partial charge in [0.25, 0.3) is 5.91 Å². The minimum absolute atomic E-state index is 0.000474. The smallest absolute Gasteiger partial charge is 0.317 e. The van der Waals surface area contributed by atoms with Crippen molar-refractivity contribution in [3.05, 3.63) is 29.8 Å². The van der Waals surface area contributed by atoms with Crippen molar-refractivity contribution < 1.29 is 23.1 Å². The van der Waals surface area contributed by atoms with E-state index < -0.39 is 16.0 Å². The first kappa shape index (κ1) is 20.3. The zero-order chi connectivity index (χ0) is 19.3. The lowest BCUT2D eigenvalue weighted by Crippen LogP contribution is -2.54. The zero-order valence-corrected chi connectivity index (χ0v) is 15.8. The minimum Gasteiger partial charge on any atom is -0.480 e. The van der Waals surface area contributed by atoms with E-state index in [0.29, 0.717) is 31.5 Å². The van der Waals surface area contributed by atoms with Crippen molar-refractivity contribution in [1.82, 2.24) is 14.9 Å². The van der Waals surface area contributed by atoms with E-state index in [0.717, 1.165) is 0 Å². The normalized spacial score (nSPS) is 19.8. The van der Waals surface area contributed by atoms with Crippen LogP contribution in [0.25, 0.3) is 0 Å². The standard InChI is InChI=1S/C17H25N3O5S/c1-3-18-26(24,25)15-7-5-12(6-8-15)17(23)19-13-9-14(10-13)20(4-2)11-16(21)22/h5-8,13-14,18H,3-4,9-11H2,1-2H3,(H,19,23)(H,21,22). The average molecular weight is 383 g/mol. The molecule has 0 saturated heterocycles. The Hall–Kier alpha value is -1.97. The minimum atomic E-state index is -3.53. The van der Waals surface area contributed by atoms with E-state index in [9.17, 15) is 18.0 Å². The fourth-order valence-electron chi connectivity index (χ4n) is 3.00. The molecule has 2 rings (SSSR count). The van der Waals surface area contributed by atoms with Gasteiger partial charge in [-0.3, -0.25) is 14.5 Å². The van der Waals surface area contributed by atoms with E-state index in [2.05, 4.69) is 10.0 Å². The zero-order valence-electron chi connectivity index (χ0n) is 14.9. The van der Waals surface area contributed by atoms with Crippen LogP contribution in [0.3, 0.4) is 0 Å². The van der Waals surface area contributed by atoms with E-state index in [4.69, 9.17) is 5.11 Å². The van der Waals surface area contributed by atoms with Gasteiger partial charge in [0, 0.05) is 24.2 Å². The first-order valence-corrected chi connectivity index (χ1v) is 10.1. The molecule has 0 aromatic heterocycles. The van der Waals surface area contributed by atoms with Crippen LogP contribution in [0.4, 0.5) is 0 Å². The number of carbonyl (C=O) groups is 2. The second kappa shape index (κ2) is 8.61. The maximum Gasteiger partial charge on any atom is 0.317 e. The van der Waals surface area contributed by atoms with Crippen molar-refractivity contribution >= 4 is 21.9 Å². The number of rotatable bonds is 9. The molecule has 9 heteroatoms. The molecule has 0 bridgehead atoms. The Kier molecular flexibility index (Phi) is 6.74. The quantitative estimate of drug-likeness (QED) is 0.577. The molecule has 1 aliphatic rings. The van der Waals surface area contributed by atoms with E-state index in [1.165, 1.54) is 24.3 Å². The van der Waals surface area contributed by atoms with Crippen LogP contribution in [-0.2, 0) is 14.8 Å². The number of amides is 1. The Labute approximate surface area is 153 Å². The third-order valence-electron chi connectivity index (χ3n) is 4.47. The largest absolute Gasteiger partial charge is 0.480 e. The van der Waals surface area contributed by atoms with Gasteiger partial charge in [0.15, 0.2) is 0 Å². The molecule has 8 nitrogen and oxygen atoms in total. The van der Waals surface area contributed by atoms with Crippen LogP contribution in [0, 0.1) is 0 Å². The van der Waals surface area contributed by atoms with Gasteiger partial charge in [-0.1, -0.05) is 13.8 Å². The lowest BCUT2D eigenvalue weighted by Gasteiger charge is -2.42. The summed E-state index contributed by atoms with van der Waals surface area (Å²) in [5, 5.41) is 11.8. The van der Waals surface area contributed by atoms with Crippen LogP contribution in [0.5, 0.6) is 0 Å². The number of carboxylic acids is 1. The molecule has 0 aliphatic heterocycles. The predicted molar refractivity (Wildman–Crippen MR) is 96.5 cm³/mol. The van der Waals surface area contributed by atoms with Crippen molar-refractivity contribution in [2.45, 2.75) is 43.7 Å². The third kappa shape index (κ3) is 5.03. The number of sulfonamides is 1. The number of carboxylic acid groups (broad SMARTS) is 1. The van der Waals surface area contributed by atoms with Crippen LogP contribution in [0.15, 0.2) is 29.2 Å². The van der Waals surface area contributed by atoms with Gasteiger partial charge in [-0.15, -0.1) is 0 Å². The van der Waals surface area contributed by atoms with E-state index >= 15 is 0 Å². The van der Waals surface area contributed by atoms with E-state index in [-0.39, 0.29) is 29.4 Å². The lowest BCUT2D eigenvalue weighted by atomic mass is 9.85. The molecule has 0 atom stereocenters. The number of benzene rings is 1. The van der Waals surface area contributed by atoms with Gasteiger partial charge in [-0.2, -0.15) is 0 Å². The first-order valence-electron chi connectivity index (χ1n) is 8.63. The maximum absolute atomic E-state index is 12.3. The van der Waals surface area contributed by atoms with Gasteiger partial charge in [-0.05, 0) is 43.7 Å². The highest BCUT2D eigenvalue weighted by atomic mass is 32.2. The molecular formula is C17H25N3O5S. The second-order valence-electron chi connectivity index (χ2n) is 6.28. The summed E-state index contributed by atoms with van der Waals surface area (Å²) in [4.78, 5) is 25.1. The Morgan fingerprint density at radius 2 is 1.81 bits per heavy atom. The molecule has 1 aliphatic carbocycles. The van der Waals surface area contributed by atoms with Crippen LogP contribution in [0.1, 0.15) is 37.0 Å². The number of likely N-dealkylation sites (N-methyl/N-ethyl adjacent to an activating group) is 1. The van der Waals surface area contributed by atoms with E-state index in [1.807, 2.05) is 11.8 Å². The molecule has 26 heavy (non-hydrogen) atoms. The Morgan fingerprint density at radius 3 is 2.31 bits per heavy atom. The molecule has 1 amide bonds. The average Bonchev–Trinajstić information content (AvgIpc) is 2.55. The summed E-state index contributed by atoms with van der Waals surface area (Å²) in [6.07, 6.45) is 1.42. The molecule has 1 aromatic rings. The Morgan fingerprint density at radius 1 is 1.19 bits per heavy atom. The van der Waals surface area contributed by atoms with Gasteiger partial charge >= 0.3 is 5.97 Å². The molecule has 144 valence electrons. The molecule has 1 aromatic carbocycles. The molecule has 0 spiro atoms. The fraction of sp³-hybridized carbons (Fsp3) is 0.529. The molecule has 1 fully saturated rings. The summed E-state index contributed by atoms with van der Waals surface area (Å²) < 4.78 is 26.2. The highest BCUT2D eigenvalue weighted by Crippen LogP contribution is 2.26. The highest BCUT2D eigenvalue weighted by Gasteiger charge is 2.34. The lowest BCUT2D eigenvalue weighted by molar-refractivity contribution is -0.139. The van der Waals surface area contributed by atoms with E-state index in [1.54, 1.807) is 6.92 Å². The first-order chi connectivity index (χ1) is 12.3. The van der Waals surface area contributed by atoms with Gasteiger partial charge < -0.3 is 10.4 Å². The molecule has 3 N–H and O–H groups in total. The summed E-state index contributed by atoms with van der Waals surface area (Å²) >= 11 is 0. The number of aliphatic carboxylic acids is 1. The van der Waals surface area contributed by atoms with Crippen LogP contribution >= 0.6 is 0 Å². The van der Waals surface area contributed by atoms with Gasteiger partial charge in [-0.25, -0.2) is 13.1 Å². The fourth-order valence-corrected chi connectivity index (χ4v) is 4.05. The van der Waals surface area contributed by atoms with Crippen molar-refractivity contribution in [3.63, 3.8) is 0 Å². The van der Waals surface area contributed by atoms with Crippen molar-refractivity contribution in [2.24, 2.45) is 0 Å². The van der Waals surface area contributed by atoms with Crippen LogP contribution in [-0.4, -0.2) is 62.0 Å². The third-order valence-corrected chi connectivity index (χ3v) is 6.03. The summed E-state index contributed by atoms with van der Waals surface area (Å²) in [7, 11) is -3.53.